The zero-order valence-electron chi connectivity index (χ0n) is 19.5. The van der Waals surface area contributed by atoms with Gasteiger partial charge in [0.1, 0.15) is 5.82 Å². The highest BCUT2D eigenvalue weighted by atomic mass is 16.2. The number of hydrogen-bond donors (Lipinski definition) is 1. The van der Waals surface area contributed by atoms with Gasteiger partial charge in [0.15, 0.2) is 5.78 Å². The van der Waals surface area contributed by atoms with Gasteiger partial charge in [-0.2, -0.15) is 5.10 Å². The first-order valence-corrected chi connectivity index (χ1v) is 11.6. The highest BCUT2D eigenvalue weighted by Gasteiger charge is 2.30. The number of aryl methyl sites for hydroxylation is 1. The number of nitrogens with one attached hydrogen (secondary N) is 1. The van der Waals surface area contributed by atoms with E-state index in [1.807, 2.05) is 23.1 Å². The fourth-order valence-electron chi connectivity index (χ4n) is 4.55. The van der Waals surface area contributed by atoms with E-state index in [9.17, 15) is 14.4 Å². The molecule has 3 heterocycles. The number of benzene rings is 1. The number of piperidine rings is 1. The van der Waals surface area contributed by atoms with Gasteiger partial charge in [-0.1, -0.05) is 26.0 Å². The number of para-hydroxylation sites is 1. The van der Waals surface area contributed by atoms with Crippen LogP contribution in [0, 0.1) is 17.8 Å². The highest BCUT2D eigenvalue weighted by molar-refractivity contribution is 5.97. The molecule has 1 unspecified atom stereocenters. The smallest absolute Gasteiger partial charge is 0.258 e. The number of likely N-dealkylation sites (tertiary alicyclic amines) is 1. The molecule has 3 aromatic rings. The molecule has 2 aromatic heterocycles. The number of rotatable bonds is 7. The summed E-state index contributed by atoms with van der Waals surface area (Å²) in [6, 6.07) is 7.28. The Morgan fingerprint density at radius 2 is 1.91 bits per heavy atom. The topological polar surface area (TPSA) is 101 Å². The molecule has 8 nitrogen and oxygen atoms in total. The van der Waals surface area contributed by atoms with Crippen LogP contribution in [0.5, 0.6) is 0 Å². The molecule has 1 N–H and O–H groups in total. The summed E-state index contributed by atoms with van der Waals surface area (Å²) in [5.74, 6) is 1.09. The molecule has 0 aliphatic carbocycles. The lowest BCUT2D eigenvalue weighted by molar-refractivity contribution is -0.133. The molecule has 8 heteroatoms. The van der Waals surface area contributed by atoms with Crippen LogP contribution in [-0.4, -0.2) is 49.4 Å². The second kappa shape index (κ2) is 9.68. The quantitative estimate of drug-likeness (QED) is 0.559. The normalized spacial score (nSPS) is 15.8. The molecule has 174 valence electrons. The van der Waals surface area contributed by atoms with Crippen LogP contribution in [0.4, 0.5) is 0 Å². The Hall–Kier alpha value is -3.29. The molecule has 33 heavy (non-hydrogen) atoms. The number of carbonyl (C=O) groups is 2. The molecule has 0 bridgehead atoms. The number of ketones is 1. The number of aromatic amines is 1. The van der Waals surface area contributed by atoms with Crippen molar-refractivity contribution in [2.24, 2.45) is 24.8 Å². The third-order valence-corrected chi connectivity index (χ3v) is 6.70. The fourth-order valence-corrected chi connectivity index (χ4v) is 4.55. The lowest BCUT2D eigenvalue weighted by Crippen LogP contribution is -2.41. The van der Waals surface area contributed by atoms with E-state index in [1.54, 1.807) is 30.2 Å². The molecular formula is C25H31N5O3. The summed E-state index contributed by atoms with van der Waals surface area (Å²) in [5.41, 5.74) is 1.16. The van der Waals surface area contributed by atoms with Gasteiger partial charge < -0.3 is 9.88 Å². The minimum Gasteiger partial charge on any atom is -0.343 e. The van der Waals surface area contributed by atoms with Crippen LogP contribution in [0.15, 0.2) is 41.5 Å². The van der Waals surface area contributed by atoms with E-state index in [-0.39, 0.29) is 35.0 Å². The molecule has 1 aliphatic rings. The minimum absolute atomic E-state index is 0.0639. The highest BCUT2D eigenvalue weighted by Crippen LogP contribution is 2.25. The SMILES string of the molecule is CC(C)C(CC(=O)N1CCC(C(=O)c2cnn(C)c2)CC1)Cc1nc2ccccc2c(=O)[nH]1. The molecular weight excluding hydrogens is 418 g/mol. The predicted molar refractivity (Wildman–Crippen MR) is 126 cm³/mol. The molecule has 1 amide bonds. The van der Waals surface area contributed by atoms with E-state index in [0.29, 0.717) is 61.1 Å². The van der Waals surface area contributed by atoms with E-state index >= 15 is 0 Å². The second-order valence-corrected chi connectivity index (χ2v) is 9.36. The Balaban J connectivity index is 1.37. The van der Waals surface area contributed by atoms with Crippen LogP contribution in [-0.2, 0) is 18.3 Å². The number of Topliss-reactive ketones (excluding diaryl/α,β-unsaturated/α-hetero) is 1. The zero-order chi connectivity index (χ0) is 23.5. The van der Waals surface area contributed by atoms with Crippen LogP contribution in [0.1, 0.15) is 49.3 Å². The molecule has 1 atom stereocenters. The summed E-state index contributed by atoms with van der Waals surface area (Å²) in [6.07, 6.45) is 5.64. The number of H-pyrrole nitrogens is 1. The maximum atomic E-state index is 13.1. The monoisotopic (exact) mass is 449 g/mol. The van der Waals surface area contributed by atoms with Crippen molar-refractivity contribution in [3.63, 3.8) is 0 Å². The molecule has 0 saturated carbocycles. The van der Waals surface area contributed by atoms with Crippen molar-refractivity contribution in [2.75, 3.05) is 13.1 Å². The third-order valence-electron chi connectivity index (χ3n) is 6.70. The first kappa shape index (κ1) is 22.9. The average Bonchev–Trinajstić information content (AvgIpc) is 3.24. The van der Waals surface area contributed by atoms with Crippen LogP contribution in [0.25, 0.3) is 10.9 Å². The summed E-state index contributed by atoms with van der Waals surface area (Å²) >= 11 is 0. The van der Waals surface area contributed by atoms with Gasteiger partial charge in [0.25, 0.3) is 5.56 Å². The van der Waals surface area contributed by atoms with Crippen molar-refractivity contribution in [3.05, 3.63) is 58.4 Å². The number of hydrogen-bond acceptors (Lipinski definition) is 5. The van der Waals surface area contributed by atoms with E-state index in [2.05, 4.69) is 28.9 Å². The number of amides is 1. The van der Waals surface area contributed by atoms with Gasteiger partial charge in [0.2, 0.25) is 5.91 Å². The van der Waals surface area contributed by atoms with E-state index in [1.165, 1.54) is 0 Å². The lowest BCUT2D eigenvalue weighted by atomic mass is 9.87. The van der Waals surface area contributed by atoms with Crippen LogP contribution in [0.3, 0.4) is 0 Å². The standard InChI is InChI=1S/C25H31N5O3/c1-16(2)18(12-22-27-21-7-5-4-6-20(21)25(33)28-22)13-23(31)30-10-8-17(9-11-30)24(32)19-14-26-29(3)15-19/h4-7,14-18H,8-13H2,1-3H3,(H,27,28,33). The summed E-state index contributed by atoms with van der Waals surface area (Å²) in [7, 11) is 1.80. The van der Waals surface area contributed by atoms with Crippen LogP contribution in [0.2, 0.25) is 0 Å². The number of carbonyl (C=O) groups excluding carboxylic acids is 2. The maximum Gasteiger partial charge on any atom is 0.258 e. The molecule has 0 radical (unpaired) electrons. The van der Waals surface area contributed by atoms with E-state index in [4.69, 9.17) is 0 Å². The van der Waals surface area contributed by atoms with Gasteiger partial charge in [0, 0.05) is 45.1 Å². The summed E-state index contributed by atoms with van der Waals surface area (Å²) in [4.78, 5) is 47.5. The summed E-state index contributed by atoms with van der Waals surface area (Å²) < 4.78 is 1.63. The lowest BCUT2D eigenvalue weighted by Gasteiger charge is -2.32. The van der Waals surface area contributed by atoms with Crippen LogP contribution < -0.4 is 5.56 Å². The zero-order valence-corrected chi connectivity index (χ0v) is 19.5. The third kappa shape index (κ3) is 5.21. The van der Waals surface area contributed by atoms with E-state index < -0.39 is 0 Å². The van der Waals surface area contributed by atoms with Crippen molar-refractivity contribution in [1.82, 2.24) is 24.6 Å². The molecule has 1 aliphatic heterocycles. The molecule has 4 rings (SSSR count). The molecule has 1 fully saturated rings. The first-order valence-electron chi connectivity index (χ1n) is 11.6. The van der Waals surface area contributed by atoms with Gasteiger partial charge in [-0.05, 0) is 36.8 Å². The minimum atomic E-state index is -0.148. The average molecular weight is 450 g/mol. The van der Waals surface area contributed by atoms with Gasteiger partial charge in [-0.15, -0.1) is 0 Å². The van der Waals surface area contributed by atoms with Crippen molar-refractivity contribution < 1.29 is 9.59 Å². The van der Waals surface area contributed by atoms with Crippen molar-refractivity contribution >= 4 is 22.6 Å². The van der Waals surface area contributed by atoms with Crippen molar-refractivity contribution in [1.29, 1.82) is 0 Å². The van der Waals surface area contributed by atoms with Crippen LogP contribution >= 0.6 is 0 Å². The second-order valence-electron chi connectivity index (χ2n) is 9.36. The summed E-state index contributed by atoms with van der Waals surface area (Å²) in [6.45, 7) is 5.36. The predicted octanol–water partition coefficient (Wildman–Crippen LogP) is 2.98. The number of aromatic nitrogens is 4. The fraction of sp³-hybridized carbons (Fsp3) is 0.480. The largest absolute Gasteiger partial charge is 0.343 e. The Kier molecular flexibility index (Phi) is 6.72. The van der Waals surface area contributed by atoms with Gasteiger partial charge >= 0.3 is 0 Å². The molecule has 0 spiro atoms. The van der Waals surface area contributed by atoms with Crippen molar-refractivity contribution in [3.8, 4) is 0 Å². The van der Waals surface area contributed by atoms with Gasteiger partial charge in [-0.25, -0.2) is 4.98 Å². The van der Waals surface area contributed by atoms with Gasteiger partial charge in [-0.3, -0.25) is 19.1 Å². The maximum absolute atomic E-state index is 13.1. The summed E-state index contributed by atoms with van der Waals surface area (Å²) in [5, 5.41) is 4.66. The first-order chi connectivity index (χ1) is 15.8. The Bertz CT molecular complexity index is 1200. The Morgan fingerprint density at radius 1 is 1.18 bits per heavy atom. The molecule has 1 saturated heterocycles. The molecule has 1 aromatic carbocycles. The van der Waals surface area contributed by atoms with E-state index in [0.717, 1.165) is 0 Å². The Morgan fingerprint density at radius 3 is 2.58 bits per heavy atom. The van der Waals surface area contributed by atoms with Crippen molar-refractivity contribution in [2.45, 2.75) is 39.5 Å². The Labute approximate surface area is 193 Å². The number of nitrogens with zero attached hydrogens (tertiary/aromatic N) is 4. The van der Waals surface area contributed by atoms with Gasteiger partial charge in [0.05, 0.1) is 22.7 Å². The number of fused-ring (bicyclic) bond motifs is 1.